The lowest BCUT2D eigenvalue weighted by Gasteiger charge is -2.18. The second-order valence-electron chi connectivity index (χ2n) is 6.50. The molecule has 2 aromatic carbocycles. The number of nitrogens with one attached hydrogen (secondary N) is 1. The molecule has 0 aliphatic rings. The highest BCUT2D eigenvalue weighted by molar-refractivity contribution is 7.18. The third kappa shape index (κ3) is 4.26. The van der Waals surface area contributed by atoms with Crippen LogP contribution >= 0.6 is 22.7 Å². The van der Waals surface area contributed by atoms with Crippen LogP contribution < -0.4 is 5.32 Å². The molecule has 0 fully saturated rings. The normalized spacial score (nSPS) is 12.2. The summed E-state index contributed by atoms with van der Waals surface area (Å²) in [7, 11) is 0. The monoisotopic (exact) mass is 392 g/mol. The lowest BCUT2D eigenvalue weighted by atomic mass is 10.0. The zero-order valence-electron chi connectivity index (χ0n) is 15.0. The molecular weight excluding hydrogens is 372 g/mol. The molecule has 0 saturated heterocycles. The topological polar surface area (TPSA) is 42.0 Å². The smallest absolute Gasteiger partial charge is 0.221 e. The molecule has 0 spiro atoms. The number of nitrogens with zero attached hydrogens (tertiary/aromatic N) is 1. The van der Waals surface area contributed by atoms with E-state index >= 15 is 0 Å². The van der Waals surface area contributed by atoms with Crippen molar-refractivity contribution < 1.29 is 4.79 Å². The van der Waals surface area contributed by atoms with Gasteiger partial charge in [0.25, 0.3) is 0 Å². The number of aromatic nitrogens is 1. The highest BCUT2D eigenvalue weighted by Gasteiger charge is 2.18. The lowest BCUT2D eigenvalue weighted by Crippen LogP contribution is -2.29. The fourth-order valence-electron chi connectivity index (χ4n) is 3.01. The highest BCUT2D eigenvalue weighted by Crippen LogP contribution is 2.27. The quantitative estimate of drug-likeness (QED) is 0.470. The van der Waals surface area contributed by atoms with Gasteiger partial charge in [0.05, 0.1) is 21.3 Å². The molecule has 4 rings (SSSR count). The minimum absolute atomic E-state index is 0.0493. The van der Waals surface area contributed by atoms with Crippen LogP contribution in [0.4, 0.5) is 0 Å². The van der Waals surface area contributed by atoms with Gasteiger partial charge in [-0.05, 0) is 36.1 Å². The average molecular weight is 393 g/mol. The summed E-state index contributed by atoms with van der Waals surface area (Å²) in [5.74, 6) is 0.0493. The van der Waals surface area contributed by atoms with Gasteiger partial charge in [0.1, 0.15) is 0 Å². The maximum atomic E-state index is 12.6. The third-order valence-electron chi connectivity index (χ3n) is 4.45. The number of thiazole rings is 1. The molecule has 3 nitrogen and oxygen atoms in total. The number of hydrogen-bond acceptors (Lipinski definition) is 4. The molecule has 0 aliphatic heterocycles. The molecule has 27 heavy (non-hydrogen) atoms. The van der Waals surface area contributed by atoms with Crippen LogP contribution in [0.15, 0.2) is 66.0 Å². The van der Waals surface area contributed by atoms with Crippen LogP contribution in [0.5, 0.6) is 0 Å². The first-order valence-electron chi connectivity index (χ1n) is 8.93. The number of amides is 1. The van der Waals surface area contributed by atoms with Gasteiger partial charge in [-0.25, -0.2) is 4.98 Å². The van der Waals surface area contributed by atoms with Gasteiger partial charge in [0.2, 0.25) is 5.91 Å². The standard InChI is InChI=1S/C22H20N2OS2/c1-15-8-10-16(11-9-15)22(19-7-4-14-26-19)24-20(25)12-13-21-23-17-5-2-3-6-18(17)27-21/h2-11,14,22H,12-13H2,1H3,(H,24,25). The molecule has 0 aliphatic carbocycles. The maximum absolute atomic E-state index is 12.6. The van der Waals surface area contributed by atoms with Gasteiger partial charge in [-0.3, -0.25) is 4.79 Å². The Bertz CT molecular complexity index is 1000. The molecule has 2 heterocycles. The zero-order valence-corrected chi connectivity index (χ0v) is 16.6. The fourth-order valence-corrected chi connectivity index (χ4v) is 4.78. The first kappa shape index (κ1) is 17.9. The minimum atomic E-state index is -0.103. The van der Waals surface area contributed by atoms with E-state index in [1.54, 1.807) is 22.7 Å². The number of para-hydroxylation sites is 1. The van der Waals surface area contributed by atoms with Crippen molar-refractivity contribution in [1.82, 2.24) is 10.3 Å². The summed E-state index contributed by atoms with van der Waals surface area (Å²) >= 11 is 3.33. The second-order valence-corrected chi connectivity index (χ2v) is 8.60. The van der Waals surface area contributed by atoms with E-state index in [2.05, 4.69) is 53.6 Å². The first-order chi connectivity index (χ1) is 13.2. The van der Waals surface area contributed by atoms with E-state index in [1.165, 1.54) is 10.3 Å². The van der Waals surface area contributed by atoms with Crippen LogP contribution in [0, 0.1) is 6.92 Å². The molecule has 1 amide bonds. The van der Waals surface area contributed by atoms with E-state index in [0.29, 0.717) is 12.8 Å². The number of benzene rings is 2. The Labute approximate surface area is 166 Å². The first-order valence-corrected chi connectivity index (χ1v) is 10.6. The number of rotatable bonds is 6. The number of hydrogen-bond donors (Lipinski definition) is 1. The van der Waals surface area contributed by atoms with Crippen LogP contribution in [-0.2, 0) is 11.2 Å². The van der Waals surface area contributed by atoms with Crippen LogP contribution in [0.3, 0.4) is 0 Å². The van der Waals surface area contributed by atoms with Crippen molar-refractivity contribution in [2.45, 2.75) is 25.8 Å². The van der Waals surface area contributed by atoms with Crippen LogP contribution in [0.25, 0.3) is 10.2 Å². The van der Waals surface area contributed by atoms with E-state index in [0.717, 1.165) is 21.0 Å². The van der Waals surface area contributed by atoms with Gasteiger partial charge >= 0.3 is 0 Å². The molecule has 4 aromatic rings. The van der Waals surface area contributed by atoms with E-state index in [4.69, 9.17) is 0 Å². The molecule has 5 heteroatoms. The molecule has 0 saturated carbocycles. The largest absolute Gasteiger partial charge is 0.344 e. The summed E-state index contributed by atoms with van der Waals surface area (Å²) in [6, 6.07) is 20.4. The fraction of sp³-hybridized carbons (Fsp3) is 0.182. The SMILES string of the molecule is Cc1ccc(C(NC(=O)CCc2nc3ccccc3s2)c2cccs2)cc1. The average Bonchev–Trinajstić information content (AvgIpc) is 3.34. The summed E-state index contributed by atoms with van der Waals surface area (Å²) in [5, 5.41) is 6.26. The van der Waals surface area contributed by atoms with Crippen LogP contribution in [0.1, 0.15) is 33.5 Å². The Hall–Kier alpha value is -2.50. The van der Waals surface area contributed by atoms with E-state index < -0.39 is 0 Å². The Kier molecular flexibility index (Phi) is 5.32. The van der Waals surface area contributed by atoms with Gasteiger partial charge < -0.3 is 5.32 Å². The zero-order chi connectivity index (χ0) is 18.6. The number of aryl methyl sites for hydroxylation is 2. The van der Waals surface area contributed by atoms with Crippen molar-refractivity contribution in [3.05, 3.63) is 87.1 Å². The van der Waals surface area contributed by atoms with Crippen molar-refractivity contribution in [3.8, 4) is 0 Å². The Balaban J connectivity index is 1.46. The third-order valence-corrected chi connectivity index (χ3v) is 6.48. The Morgan fingerprint density at radius 2 is 1.89 bits per heavy atom. The molecule has 1 unspecified atom stereocenters. The Morgan fingerprint density at radius 1 is 1.07 bits per heavy atom. The summed E-state index contributed by atoms with van der Waals surface area (Å²) in [4.78, 5) is 18.4. The highest BCUT2D eigenvalue weighted by atomic mass is 32.1. The molecule has 1 atom stereocenters. The van der Waals surface area contributed by atoms with Gasteiger partial charge in [-0.15, -0.1) is 22.7 Å². The summed E-state index contributed by atoms with van der Waals surface area (Å²) in [6.45, 7) is 2.07. The van der Waals surface area contributed by atoms with Gasteiger partial charge in [-0.1, -0.05) is 48.0 Å². The molecule has 136 valence electrons. The summed E-state index contributed by atoms with van der Waals surface area (Å²) < 4.78 is 1.17. The van der Waals surface area contributed by atoms with Crippen molar-refractivity contribution >= 4 is 38.8 Å². The number of carbonyl (C=O) groups excluding carboxylic acids is 1. The van der Waals surface area contributed by atoms with Gasteiger partial charge in [-0.2, -0.15) is 0 Å². The van der Waals surface area contributed by atoms with Gasteiger partial charge in [0.15, 0.2) is 0 Å². The van der Waals surface area contributed by atoms with Crippen LogP contribution in [0.2, 0.25) is 0 Å². The number of thiophene rings is 1. The molecule has 2 aromatic heterocycles. The van der Waals surface area contributed by atoms with Crippen molar-refractivity contribution in [2.24, 2.45) is 0 Å². The van der Waals surface area contributed by atoms with E-state index in [1.807, 2.05) is 29.6 Å². The molecule has 0 radical (unpaired) electrons. The molecule has 0 bridgehead atoms. The summed E-state index contributed by atoms with van der Waals surface area (Å²) in [5.41, 5.74) is 3.33. The van der Waals surface area contributed by atoms with Crippen LogP contribution in [-0.4, -0.2) is 10.9 Å². The predicted molar refractivity (Wildman–Crippen MR) is 113 cm³/mol. The molecule has 1 N–H and O–H groups in total. The summed E-state index contributed by atoms with van der Waals surface area (Å²) in [6.07, 6.45) is 1.10. The Morgan fingerprint density at radius 3 is 2.63 bits per heavy atom. The number of carbonyl (C=O) groups is 1. The van der Waals surface area contributed by atoms with Crippen molar-refractivity contribution in [1.29, 1.82) is 0 Å². The van der Waals surface area contributed by atoms with E-state index in [9.17, 15) is 4.79 Å². The van der Waals surface area contributed by atoms with E-state index in [-0.39, 0.29) is 11.9 Å². The predicted octanol–water partition coefficient (Wildman–Crippen LogP) is 5.50. The second kappa shape index (κ2) is 8.03. The van der Waals surface area contributed by atoms with Gasteiger partial charge in [0, 0.05) is 17.7 Å². The number of fused-ring (bicyclic) bond motifs is 1. The van der Waals surface area contributed by atoms with Crippen molar-refractivity contribution in [2.75, 3.05) is 0 Å². The molecular formula is C22H20N2OS2. The maximum Gasteiger partial charge on any atom is 0.221 e. The lowest BCUT2D eigenvalue weighted by molar-refractivity contribution is -0.121. The van der Waals surface area contributed by atoms with Crippen molar-refractivity contribution in [3.63, 3.8) is 0 Å². The minimum Gasteiger partial charge on any atom is -0.344 e.